The highest BCUT2D eigenvalue weighted by Crippen LogP contribution is 2.29. The first-order chi connectivity index (χ1) is 12.6. The molecule has 3 rings (SSSR count). The lowest BCUT2D eigenvalue weighted by Gasteiger charge is -2.23. The molecule has 5 heteroatoms. The molecule has 0 unspecified atom stereocenters. The molecule has 0 aromatic heterocycles. The Hall–Kier alpha value is -2.82. The number of carboxylic acid groups (broad SMARTS) is 1. The van der Waals surface area contributed by atoms with Crippen LogP contribution >= 0.6 is 0 Å². The predicted octanol–water partition coefficient (Wildman–Crippen LogP) is 3.52. The summed E-state index contributed by atoms with van der Waals surface area (Å²) in [5, 5.41) is 8.94. The van der Waals surface area contributed by atoms with Crippen LogP contribution in [0, 0.1) is 0 Å². The fourth-order valence-corrected chi connectivity index (χ4v) is 2.94. The number of methoxy groups -OCH3 is 1. The minimum atomic E-state index is -0.938. The second-order valence-electron chi connectivity index (χ2n) is 6.60. The molecule has 0 radical (unpaired) electrons. The van der Waals surface area contributed by atoms with E-state index in [-0.39, 0.29) is 11.5 Å². The summed E-state index contributed by atoms with van der Waals surface area (Å²) < 4.78 is 5.17. The summed E-state index contributed by atoms with van der Waals surface area (Å²) in [5.41, 5.74) is 2.33. The van der Waals surface area contributed by atoms with Gasteiger partial charge < -0.3 is 14.7 Å². The number of ether oxygens (including phenoxy) is 1. The van der Waals surface area contributed by atoms with Crippen LogP contribution in [0.5, 0.6) is 5.75 Å². The van der Waals surface area contributed by atoms with Gasteiger partial charge in [0.15, 0.2) is 0 Å². The monoisotopic (exact) mass is 353 g/mol. The van der Waals surface area contributed by atoms with E-state index in [1.54, 1.807) is 31.4 Å². The normalized spacial score (nSPS) is 13.3. The lowest BCUT2D eigenvalue weighted by Crippen LogP contribution is -2.32. The summed E-state index contributed by atoms with van der Waals surface area (Å²) in [5.74, 6) is 0.0144. The van der Waals surface area contributed by atoms with E-state index in [0.29, 0.717) is 25.4 Å². The molecule has 0 heterocycles. The third-order valence-corrected chi connectivity index (χ3v) is 4.65. The summed E-state index contributed by atoms with van der Waals surface area (Å²) >= 11 is 0. The number of benzene rings is 2. The van der Waals surface area contributed by atoms with Gasteiger partial charge in [0.2, 0.25) is 5.91 Å². The van der Waals surface area contributed by atoms with Crippen molar-refractivity contribution < 1.29 is 19.4 Å². The molecule has 0 aliphatic heterocycles. The third kappa shape index (κ3) is 4.63. The van der Waals surface area contributed by atoms with E-state index in [1.165, 1.54) is 0 Å². The number of hydrogen-bond donors (Lipinski definition) is 1. The first-order valence-electron chi connectivity index (χ1n) is 8.81. The number of carbonyl (C=O) groups is 2. The molecule has 0 saturated heterocycles. The minimum Gasteiger partial charge on any atom is -0.497 e. The minimum absolute atomic E-state index is 0.144. The van der Waals surface area contributed by atoms with Crippen LogP contribution in [0.3, 0.4) is 0 Å². The summed E-state index contributed by atoms with van der Waals surface area (Å²) in [6.45, 7) is 0.617. The molecule has 1 fully saturated rings. The third-order valence-electron chi connectivity index (χ3n) is 4.65. The van der Waals surface area contributed by atoms with Crippen molar-refractivity contribution in [3.8, 4) is 5.75 Å². The molecular weight excluding hydrogens is 330 g/mol. The summed E-state index contributed by atoms with van der Waals surface area (Å²) in [7, 11) is 1.64. The van der Waals surface area contributed by atoms with E-state index in [9.17, 15) is 9.59 Å². The number of aromatic carboxylic acids is 1. The highest BCUT2D eigenvalue weighted by Gasteiger charge is 2.32. The maximum atomic E-state index is 12.7. The number of hydrogen-bond acceptors (Lipinski definition) is 3. The van der Waals surface area contributed by atoms with Crippen LogP contribution in [0.1, 0.15) is 40.7 Å². The number of aryl methyl sites for hydroxylation is 1. The van der Waals surface area contributed by atoms with E-state index in [4.69, 9.17) is 9.84 Å². The molecule has 1 saturated carbocycles. The quantitative estimate of drug-likeness (QED) is 0.788. The fraction of sp³-hybridized carbons (Fsp3) is 0.333. The van der Waals surface area contributed by atoms with Crippen molar-refractivity contribution in [2.75, 3.05) is 7.11 Å². The SMILES string of the molecule is COc1ccc(CN(C(=O)CCc2ccc(C(=O)O)cc2)C2CC2)cc1. The Balaban J connectivity index is 1.59. The lowest BCUT2D eigenvalue weighted by atomic mass is 10.1. The van der Waals surface area contributed by atoms with E-state index in [2.05, 4.69) is 0 Å². The van der Waals surface area contributed by atoms with Gasteiger partial charge in [-0.3, -0.25) is 4.79 Å². The van der Waals surface area contributed by atoms with E-state index >= 15 is 0 Å². The molecule has 1 aliphatic rings. The second-order valence-corrected chi connectivity index (χ2v) is 6.60. The van der Waals surface area contributed by atoms with E-state index < -0.39 is 5.97 Å². The van der Waals surface area contributed by atoms with Crippen molar-refractivity contribution in [1.82, 2.24) is 4.90 Å². The van der Waals surface area contributed by atoms with Crippen molar-refractivity contribution in [2.24, 2.45) is 0 Å². The van der Waals surface area contributed by atoms with Crippen molar-refractivity contribution in [1.29, 1.82) is 0 Å². The van der Waals surface area contributed by atoms with Gasteiger partial charge in [0, 0.05) is 19.0 Å². The average molecular weight is 353 g/mol. The highest BCUT2D eigenvalue weighted by atomic mass is 16.5. The molecule has 0 spiro atoms. The van der Waals surface area contributed by atoms with E-state index in [0.717, 1.165) is 29.7 Å². The lowest BCUT2D eigenvalue weighted by molar-refractivity contribution is -0.132. The van der Waals surface area contributed by atoms with Gasteiger partial charge in [-0.15, -0.1) is 0 Å². The topological polar surface area (TPSA) is 66.8 Å². The van der Waals surface area contributed by atoms with Gasteiger partial charge in [-0.2, -0.15) is 0 Å². The van der Waals surface area contributed by atoms with Gasteiger partial charge in [0.1, 0.15) is 5.75 Å². The molecule has 1 N–H and O–H groups in total. The van der Waals surface area contributed by atoms with Gasteiger partial charge in [0.25, 0.3) is 0 Å². The maximum Gasteiger partial charge on any atom is 0.335 e. The number of amides is 1. The van der Waals surface area contributed by atoms with Gasteiger partial charge in [-0.05, 0) is 54.7 Å². The number of rotatable bonds is 8. The largest absolute Gasteiger partial charge is 0.497 e. The number of carbonyl (C=O) groups excluding carboxylic acids is 1. The van der Waals surface area contributed by atoms with Crippen LogP contribution in [-0.4, -0.2) is 35.0 Å². The zero-order chi connectivity index (χ0) is 18.5. The van der Waals surface area contributed by atoms with Gasteiger partial charge in [-0.25, -0.2) is 4.79 Å². The first kappa shape index (κ1) is 18.0. The molecule has 26 heavy (non-hydrogen) atoms. The molecule has 0 bridgehead atoms. The molecule has 2 aromatic rings. The van der Waals surface area contributed by atoms with Crippen LogP contribution in [0.2, 0.25) is 0 Å². The molecule has 1 amide bonds. The van der Waals surface area contributed by atoms with Crippen molar-refractivity contribution in [3.63, 3.8) is 0 Å². The second kappa shape index (κ2) is 8.04. The Morgan fingerprint density at radius 3 is 2.19 bits per heavy atom. The van der Waals surface area contributed by atoms with Gasteiger partial charge >= 0.3 is 5.97 Å². The number of carboxylic acids is 1. The van der Waals surface area contributed by atoms with Crippen LogP contribution in [0.25, 0.3) is 0 Å². The first-order valence-corrected chi connectivity index (χ1v) is 8.81. The average Bonchev–Trinajstić information content (AvgIpc) is 3.50. The molecule has 5 nitrogen and oxygen atoms in total. The molecule has 136 valence electrons. The fourth-order valence-electron chi connectivity index (χ4n) is 2.94. The summed E-state index contributed by atoms with van der Waals surface area (Å²) in [4.78, 5) is 25.6. The Bertz CT molecular complexity index is 764. The van der Waals surface area contributed by atoms with Crippen molar-refractivity contribution in [3.05, 3.63) is 65.2 Å². The van der Waals surface area contributed by atoms with Gasteiger partial charge in [0.05, 0.1) is 12.7 Å². The van der Waals surface area contributed by atoms with Crippen LogP contribution < -0.4 is 4.74 Å². The molecule has 0 atom stereocenters. The highest BCUT2D eigenvalue weighted by molar-refractivity contribution is 5.87. The van der Waals surface area contributed by atoms with Crippen molar-refractivity contribution >= 4 is 11.9 Å². The Morgan fingerprint density at radius 2 is 1.65 bits per heavy atom. The van der Waals surface area contributed by atoms with Crippen LogP contribution in [0.4, 0.5) is 0 Å². The standard InChI is InChI=1S/C21H23NO4/c1-26-19-11-4-16(5-12-19)14-22(18-9-10-18)20(23)13-6-15-2-7-17(8-3-15)21(24)25/h2-5,7-8,11-12,18H,6,9-10,13-14H2,1H3,(H,24,25). The van der Waals surface area contributed by atoms with Crippen LogP contribution in [-0.2, 0) is 17.8 Å². The van der Waals surface area contributed by atoms with E-state index in [1.807, 2.05) is 29.2 Å². The zero-order valence-electron chi connectivity index (χ0n) is 14.9. The Morgan fingerprint density at radius 1 is 1.04 bits per heavy atom. The Labute approximate surface area is 153 Å². The molecular formula is C21H23NO4. The summed E-state index contributed by atoms with van der Waals surface area (Å²) in [6.07, 6.45) is 3.17. The molecule has 2 aromatic carbocycles. The maximum absolute atomic E-state index is 12.7. The predicted molar refractivity (Wildman–Crippen MR) is 98.3 cm³/mol. The van der Waals surface area contributed by atoms with Crippen LogP contribution in [0.15, 0.2) is 48.5 Å². The Kier molecular flexibility index (Phi) is 5.56. The van der Waals surface area contributed by atoms with Gasteiger partial charge in [-0.1, -0.05) is 24.3 Å². The number of nitrogens with zero attached hydrogens (tertiary/aromatic N) is 1. The summed E-state index contributed by atoms with van der Waals surface area (Å²) in [6, 6.07) is 14.9. The smallest absolute Gasteiger partial charge is 0.335 e. The van der Waals surface area contributed by atoms with Crippen molar-refractivity contribution in [2.45, 2.75) is 38.3 Å². The zero-order valence-corrected chi connectivity index (χ0v) is 14.9. The molecule has 1 aliphatic carbocycles.